The Morgan fingerprint density at radius 2 is 1.81 bits per heavy atom. The van der Waals surface area contributed by atoms with Gasteiger partial charge in [0.1, 0.15) is 5.82 Å². The van der Waals surface area contributed by atoms with Crippen LogP contribution in [0.1, 0.15) is 0 Å². The quantitative estimate of drug-likeness (QED) is 0.582. The number of H-pyrrole nitrogens is 1. The van der Waals surface area contributed by atoms with E-state index in [9.17, 15) is 9.18 Å². The van der Waals surface area contributed by atoms with Gasteiger partial charge < -0.3 is 4.98 Å². The van der Waals surface area contributed by atoms with Gasteiger partial charge in [-0.3, -0.25) is 0 Å². The van der Waals surface area contributed by atoms with Crippen molar-refractivity contribution < 1.29 is 4.39 Å². The highest BCUT2D eigenvalue weighted by Crippen LogP contribution is 2.24. The molecule has 1 N–H and O–H groups in total. The molecular weight excluding hydrogens is 269 g/mol. The van der Waals surface area contributed by atoms with Gasteiger partial charge in [-0.1, -0.05) is 30.3 Å². The summed E-state index contributed by atoms with van der Waals surface area (Å²) in [6, 6.07) is 13.7. The molecule has 4 rings (SSSR count). The summed E-state index contributed by atoms with van der Waals surface area (Å²) in [7, 11) is 0. The molecule has 0 saturated heterocycles. The van der Waals surface area contributed by atoms with E-state index in [0.29, 0.717) is 16.9 Å². The van der Waals surface area contributed by atoms with Crippen molar-refractivity contribution in [3.8, 4) is 11.4 Å². The summed E-state index contributed by atoms with van der Waals surface area (Å²) < 4.78 is 15.4. The standard InChI is InChI=1S/C16H10FN3O/c17-12-7-3-1-5-10(12)15-18-9-14-11-6-2-4-8-13(11)19-16(21)20(14)15/h1-9H,(H,19,21). The third-order valence-electron chi connectivity index (χ3n) is 3.52. The van der Waals surface area contributed by atoms with E-state index in [4.69, 9.17) is 0 Å². The van der Waals surface area contributed by atoms with Crippen molar-refractivity contribution in [2.75, 3.05) is 0 Å². The highest BCUT2D eigenvalue weighted by Gasteiger charge is 2.14. The predicted molar refractivity (Wildman–Crippen MR) is 78.7 cm³/mol. The summed E-state index contributed by atoms with van der Waals surface area (Å²) >= 11 is 0. The van der Waals surface area contributed by atoms with E-state index in [1.165, 1.54) is 10.5 Å². The fourth-order valence-corrected chi connectivity index (χ4v) is 2.57. The average molecular weight is 279 g/mol. The van der Waals surface area contributed by atoms with Crippen LogP contribution in [0.5, 0.6) is 0 Å². The fraction of sp³-hybridized carbons (Fsp3) is 0. The van der Waals surface area contributed by atoms with Gasteiger partial charge >= 0.3 is 5.69 Å². The van der Waals surface area contributed by atoms with Crippen LogP contribution < -0.4 is 5.69 Å². The van der Waals surface area contributed by atoms with Crippen molar-refractivity contribution in [3.05, 3.63) is 71.0 Å². The largest absolute Gasteiger partial charge is 0.332 e. The third kappa shape index (κ3) is 1.67. The fourth-order valence-electron chi connectivity index (χ4n) is 2.57. The zero-order valence-electron chi connectivity index (χ0n) is 10.9. The minimum Gasteiger partial charge on any atom is -0.307 e. The first-order chi connectivity index (χ1) is 10.3. The molecule has 2 aromatic carbocycles. The summed E-state index contributed by atoms with van der Waals surface area (Å²) in [5, 5.41) is 0.868. The van der Waals surface area contributed by atoms with E-state index in [1.54, 1.807) is 24.4 Å². The van der Waals surface area contributed by atoms with Gasteiger partial charge in [0.05, 0.1) is 22.8 Å². The summed E-state index contributed by atoms with van der Waals surface area (Å²) in [5.41, 5.74) is 1.36. The topological polar surface area (TPSA) is 50.2 Å². The molecule has 0 aliphatic carbocycles. The molecule has 0 amide bonds. The number of rotatable bonds is 1. The first kappa shape index (κ1) is 11.8. The lowest BCUT2D eigenvalue weighted by Crippen LogP contribution is -2.17. The lowest BCUT2D eigenvalue weighted by molar-refractivity contribution is 0.629. The number of nitrogens with one attached hydrogen (secondary N) is 1. The first-order valence-electron chi connectivity index (χ1n) is 6.49. The van der Waals surface area contributed by atoms with Crippen molar-refractivity contribution in [2.24, 2.45) is 0 Å². The van der Waals surface area contributed by atoms with Crippen molar-refractivity contribution in [1.82, 2.24) is 14.4 Å². The molecule has 0 bridgehead atoms. The number of hydrogen-bond acceptors (Lipinski definition) is 2. The number of imidazole rings is 1. The van der Waals surface area contributed by atoms with Crippen LogP contribution in [-0.2, 0) is 0 Å². The van der Waals surface area contributed by atoms with Gasteiger partial charge in [-0.25, -0.2) is 18.6 Å². The maximum absolute atomic E-state index is 14.0. The molecule has 0 spiro atoms. The van der Waals surface area contributed by atoms with E-state index >= 15 is 0 Å². The predicted octanol–water partition coefficient (Wildman–Crippen LogP) is 2.98. The zero-order valence-corrected chi connectivity index (χ0v) is 10.9. The number of aromatic nitrogens is 3. The minimum absolute atomic E-state index is 0.301. The van der Waals surface area contributed by atoms with Crippen LogP contribution in [-0.4, -0.2) is 14.4 Å². The number of nitrogens with zero attached hydrogens (tertiary/aromatic N) is 2. The highest BCUT2D eigenvalue weighted by atomic mass is 19.1. The molecular formula is C16H10FN3O. The molecule has 0 radical (unpaired) electrons. The van der Waals surface area contributed by atoms with Crippen LogP contribution >= 0.6 is 0 Å². The Bertz CT molecular complexity index is 1030. The third-order valence-corrected chi connectivity index (χ3v) is 3.52. The van der Waals surface area contributed by atoms with Gasteiger partial charge in [0.2, 0.25) is 0 Å². The molecule has 4 nitrogen and oxygen atoms in total. The molecule has 0 unspecified atom stereocenters. The molecule has 0 aliphatic heterocycles. The second-order valence-electron chi connectivity index (χ2n) is 4.76. The van der Waals surface area contributed by atoms with Gasteiger partial charge in [-0.15, -0.1) is 0 Å². The van der Waals surface area contributed by atoms with Crippen LogP contribution in [0, 0.1) is 5.82 Å². The van der Waals surface area contributed by atoms with Gasteiger partial charge in [0.25, 0.3) is 0 Å². The highest BCUT2D eigenvalue weighted by molar-refractivity contribution is 5.93. The molecule has 0 saturated carbocycles. The van der Waals surface area contributed by atoms with Gasteiger partial charge in [-0.05, 0) is 18.2 Å². The molecule has 102 valence electrons. The monoisotopic (exact) mass is 279 g/mol. The average Bonchev–Trinajstić information content (AvgIpc) is 2.93. The molecule has 0 atom stereocenters. The number of para-hydroxylation sites is 1. The van der Waals surface area contributed by atoms with Crippen LogP contribution in [0.15, 0.2) is 59.5 Å². The molecule has 4 aromatic rings. The summed E-state index contributed by atoms with van der Waals surface area (Å²) in [6.45, 7) is 0. The normalized spacial score (nSPS) is 11.3. The summed E-state index contributed by atoms with van der Waals surface area (Å²) in [4.78, 5) is 19.3. The molecule has 0 fully saturated rings. The molecule has 2 aromatic heterocycles. The molecule has 2 heterocycles. The van der Waals surface area contributed by atoms with Crippen LogP contribution in [0.25, 0.3) is 27.8 Å². The van der Waals surface area contributed by atoms with E-state index < -0.39 is 5.82 Å². The Kier molecular flexibility index (Phi) is 2.41. The lowest BCUT2D eigenvalue weighted by atomic mass is 10.2. The van der Waals surface area contributed by atoms with Crippen LogP contribution in [0.3, 0.4) is 0 Å². The summed E-state index contributed by atoms with van der Waals surface area (Å²) in [6.07, 6.45) is 1.60. The first-order valence-corrected chi connectivity index (χ1v) is 6.49. The second kappa shape index (κ2) is 4.28. The zero-order chi connectivity index (χ0) is 14.4. The van der Waals surface area contributed by atoms with Crippen molar-refractivity contribution in [2.45, 2.75) is 0 Å². The van der Waals surface area contributed by atoms with Crippen molar-refractivity contribution in [1.29, 1.82) is 0 Å². The van der Waals surface area contributed by atoms with Crippen molar-refractivity contribution in [3.63, 3.8) is 0 Å². The van der Waals surface area contributed by atoms with Gasteiger partial charge in [0, 0.05) is 5.39 Å². The maximum Gasteiger partial charge on any atom is 0.332 e. The Labute approximate surface area is 118 Å². The molecule has 0 aliphatic rings. The smallest absolute Gasteiger partial charge is 0.307 e. The number of fused-ring (bicyclic) bond motifs is 3. The van der Waals surface area contributed by atoms with E-state index in [1.807, 2.05) is 24.3 Å². The second-order valence-corrected chi connectivity index (χ2v) is 4.76. The molecule has 5 heteroatoms. The summed E-state index contributed by atoms with van der Waals surface area (Å²) in [5.74, 6) is -0.104. The Hall–Kier alpha value is -2.95. The maximum atomic E-state index is 14.0. The van der Waals surface area contributed by atoms with Crippen molar-refractivity contribution >= 4 is 16.4 Å². The number of benzene rings is 2. The van der Waals surface area contributed by atoms with E-state index in [2.05, 4.69) is 9.97 Å². The number of hydrogen-bond donors (Lipinski definition) is 1. The SMILES string of the molecule is O=c1[nH]c2ccccc2c2cnc(-c3ccccc3F)n12. The van der Waals surface area contributed by atoms with Crippen LogP contribution in [0.4, 0.5) is 4.39 Å². The molecule has 21 heavy (non-hydrogen) atoms. The van der Waals surface area contributed by atoms with Gasteiger partial charge in [0.15, 0.2) is 5.82 Å². The lowest BCUT2D eigenvalue weighted by Gasteiger charge is -2.04. The Balaban J connectivity index is 2.17. The minimum atomic E-state index is -0.405. The van der Waals surface area contributed by atoms with E-state index in [-0.39, 0.29) is 5.69 Å². The van der Waals surface area contributed by atoms with Crippen LogP contribution in [0.2, 0.25) is 0 Å². The van der Waals surface area contributed by atoms with E-state index in [0.717, 1.165) is 10.9 Å². The Morgan fingerprint density at radius 3 is 2.67 bits per heavy atom. The number of aromatic amines is 1. The van der Waals surface area contributed by atoms with Gasteiger partial charge in [-0.2, -0.15) is 0 Å². The number of halogens is 1. The Morgan fingerprint density at radius 1 is 1.05 bits per heavy atom.